The van der Waals surface area contributed by atoms with Crippen molar-refractivity contribution in [1.29, 1.82) is 0 Å². The van der Waals surface area contributed by atoms with Crippen molar-refractivity contribution in [3.8, 4) is 0 Å². The molecule has 23 heavy (non-hydrogen) atoms. The lowest BCUT2D eigenvalue weighted by molar-refractivity contribution is 0.0426. The number of anilines is 1. The van der Waals surface area contributed by atoms with Gasteiger partial charge in [0.2, 0.25) is 6.43 Å². The van der Waals surface area contributed by atoms with Gasteiger partial charge in [0.05, 0.1) is 18.4 Å². The monoisotopic (exact) mass is 325 g/mol. The van der Waals surface area contributed by atoms with Crippen LogP contribution in [0.15, 0.2) is 18.2 Å². The number of nitrogens with zero attached hydrogens (tertiary/aromatic N) is 1. The molecule has 0 aromatic heterocycles. The van der Waals surface area contributed by atoms with Gasteiger partial charge in [-0.05, 0) is 43.4 Å². The van der Waals surface area contributed by atoms with Crippen LogP contribution in [0.4, 0.5) is 14.5 Å². The molecule has 2 aliphatic rings. The first-order chi connectivity index (χ1) is 11.0. The summed E-state index contributed by atoms with van der Waals surface area (Å²) in [6.07, 6.45) is -1.15. The zero-order chi connectivity index (χ0) is 17.2. The number of esters is 1. The molecule has 0 N–H and O–H groups in total. The zero-order valence-corrected chi connectivity index (χ0v) is 14.2. The summed E-state index contributed by atoms with van der Waals surface area (Å²) >= 11 is 0. The quantitative estimate of drug-likeness (QED) is 0.777. The Morgan fingerprint density at radius 1 is 1.39 bits per heavy atom. The van der Waals surface area contributed by atoms with E-state index in [-0.39, 0.29) is 11.9 Å². The van der Waals surface area contributed by atoms with Crippen molar-refractivity contribution in [2.24, 2.45) is 11.3 Å². The average Bonchev–Trinajstić information content (AvgIpc) is 3.31. The Kier molecular flexibility index (Phi) is 5.27. The lowest BCUT2D eigenvalue weighted by atomic mass is 9.94. The van der Waals surface area contributed by atoms with E-state index >= 15 is 0 Å². The third kappa shape index (κ3) is 3.19. The maximum atomic E-state index is 13.1. The standard InChI is InChI=1S/C16H19F2NO2.C2H6/c1-10-3-4-12(14(20)21-2)13(7-10)19-6-5-16(15(17)18)8-11(16)9-19;1-2/h3-4,7,11,15H,5-6,8-9H2,1-2H3;1-2H3. The Morgan fingerprint density at radius 2 is 2.09 bits per heavy atom. The summed E-state index contributed by atoms with van der Waals surface area (Å²) in [6, 6.07) is 5.54. The molecule has 1 heterocycles. The number of carbonyl (C=O) groups excluding carboxylic acids is 1. The van der Waals surface area contributed by atoms with E-state index in [2.05, 4.69) is 4.90 Å². The number of rotatable bonds is 3. The van der Waals surface area contributed by atoms with Crippen LogP contribution in [0.5, 0.6) is 0 Å². The molecule has 3 nitrogen and oxygen atoms in total. The second-order valence-corrected chi connectivity index (χ2v) is 6.14. The molecule has 1 saturated carbocycles. The Balaban J connectivity index is 0.000000924. The summed E-state index contributed by atoms with van der Waals surface area (Å²) in [5.74, 6) is -0.344. The number of piperidine rings is 1. The van der Waals surface area contributed by atoms with E-state index in [1.807, 2.05) is 32.9 Å². The van der Waals surface area contributed by atoms with Crippen LogP contribution in [0, 0.1) is 18.3 Å². The predicted molar refractivity (Wildman–Crippen MR) is 87.2 cm³/mol. The fourth-order valence-corrected chi connectivity index (χ4v) is 3.43. The van der Waals surface area contributed by atoms with Gasteiger partial charge in [0.1, 0.15) is 0 Å². The second-order valence-electron chi connectivity index (χ2n) is 6.14. The molecule has 128 valence electrons. The largest absolute Gasteiger partial charge is 0.465 e. The number of carbonyl (C=O) groups is 1. The summed E-state index contributed by atoms with van der Waals surface area (Å²) in [5, 5.41) is 0. The van der Waals surface area contributed by atoms with Crippen LogP contribution in [0.25, 0.3) is 0 Å². The molecule has 0 bridgehead atoms. The van der Waals surface area contributed by atoms with Crippen molar-refractivity contribution < 1.29 is 18.3 Å². The summed E-state index contributed by atoms with van der Waals surface area (Å²) in [5.41, 5.74) is 1.59. The van der Waals surface area contributed by atoms with Gasteiger partial charge >= 0.3 is 5.97 Å². The van der Waals surface area contributed by atoms with Crippen LogP contribution in [0.1, 0.15) is 42.6 Å². The molecule has 5 heteroatoms. The number of ether oxygens (including phenoxy) is 1. The number of alkyl halides is 2. The molecule has 0 amide bonds. The molecule has 1 saturated heterocycles. The zero-order valence-electron chi connectivity index (χ0n) is 14.2. The summed E-state index contributed by atoms with van der Waals surface area (Å²) in [7, 11) is 1.35. The number of benzene rings is 1. The molecule has 3 rings (SSSR count). The summed E-state index contributed by atoms with van der Waals surface area (Å²) in [6.45, 7) is 7.11. The highest BCUT2D eigenvalue weighted by Gasteiger charge is 2.62. The lowest BCUT2D eigenvalue weighted by Gasteiger charge is -2.34. The van der Waals surface area contributed by atoms with Gasteiger partial charge in [-0.3, -0.25) is 0 Å². The van der Waals surface area contributed by atoms with Crippen molar-refractivity contribution in [1.82, 2.24) is 0 Å². The third-order valence-electron chi connectivity index (χ3n) is 4.90. The summed E-state index contributed by atoms with van der Waals surface area (Å²) < 4.78 is 31.0. The Labute approximate surface area is 136 Å². The maximum absolute atomic E-state index is 13.1. The van der Waals surface area contributed by atoms with Gasteiger partial charge in [-0.1, -0.05) is 19.9 Å². The molecule has 0 radical (unpaired) electrons. The van der Waals surface area contributed by atoms with Crippen LogP contribution in [-0.2, 0) is 4.74 Å². The van der Waals surface area contributed by atoms with Gasteiger partial charge in [-0.25, -0.2) is 13.6 Å². The van der Waals surface area contributed by atoms with Crippen LogP contribution in [-0.4, -0.2) is 32.6 Å². The highest BCUT2D eigenvalue weighted by molar-refractivity contribution is 5.96. The van der Waals surface area contributed by atoms with Crippen molar-refractivity contribution in [3.05, 3.63) is 29.3 Å². The Hall–Kier alpha value is -1.65. The number of hydrogen-bond acceptors (Lipinski definition) is 3. The SMILES string of the molecule is CC.COC(=O)c1ccc(C)cc1N1CCC2(C(F)F)CC2C1. The lowest BCUT2D eigenvalue weighted by Crippen LogP contribution is -2.38. The van der Waals surface area contributed by atoms with Crippen molar-refractivity contribution >= 4 is 11.7 Å². The van der Waals surface area contributed by atoms with Crippen LogP contribution < -0.4 is 4.90 Å². The predicted octanol–water partition coefficient (Wildman–Crippen LogP) is 4.29. The second kappa shape index (κ2) is 6.85. The van der Waals surface area contributed by atoms with Crippen LogP contribution in [0.3, 0.4) is 0 Å². The molecule has 2 unspecified atom stereocenters. The van der Waals surface area contributed by atoms with Gasteiger partial charge in [0.15, 0.2) is 0 Å². The molecule has 0 spiro atoms. The van der Waals surface area contributed by atoms with Gasteiger partial charge in [-0.2, -0.15) is 0 Å². The van der Waals surface area contributed by atoms with Crippen molar-refractivity contribution in [2.75, 3.05) is 25.1 Å². The molecule has 1 aliphatic carbocycles. The van der Waals surface area contributed by atoms with Gasteiger partial charge in [-0.15, -0.1) is 0 Å². The molecule has 1 aromatic rings. The van der Waals surface area contributed by atoms with Gasteiger partial charge in [0, 0.05) is 18.5 Å². The number of hydrogen-bond donors (Lipinski definition) is 0. The first kappa shape index (κ1) is 17.7. The first-order valence-electron chi connectivity index (χ1n) is 8.20. The highest BCUT2D eigenvalue weighted by Crippen LogP contribution is 2.61. The number of fused-ring (bicyclic) bond motifs is 1. The average molecular weight is 325 g/mol. The first-order valence-corrected chi connectivity index (χ1v) is 8.20. The van der Waals surface area contributed by atoms with Gasteiger partial charge < -0.3 is 9.64 Å². The Morgan fingerprint density at radius 3 is 2.65 bits per heavy atom. The summed E-state index contributed by atoms with van der Waals surface area (Å²) in [4.78, 5) is 13.9. The minimum absolute atomic E-state index is 0.0391. The minimum atomic E-state index is -2.23. The van der Waals surface area contributed by atoms with E-state index in [0.29, 0.717) is 31.5 Å². The number of halogens is 2. The molecule has 1 aromatic carbocycles. The topological polar surface area (TPSA) is 29.5 Å². The van der Waals surface area contributed by atoms with Gasteiger partial charge in [0.25, 0.3) is 0 Å². The van der Waals surface area contributed by atoms with E-state index in [9.17, 15) is 13.6 Å². The van der Waals surface area contributed by atoms with Crippen LogP contribution in [0.2, 0.25) is 0 Å². The van der Waals surface area contributed by atoms with E-state index in [1.165, 1.54) is 7.11 Å². The number of methoxy groups -OCH3 is 1. The smallest absolute Gasteiger partial charge is 0.339 e. The highest BCUT2D eigenvalue weighted by atomic mass is 19.3. The van der Waals surface area contributed by atoms with E-state index in [1.54, 1.807) is 6.07 Å². The normalized spacial score (nSPS) is 25.3. The fourth-order valence-electron chi connectivity index (χ4n) is 3.43. The maximum Gasteiger partial charge on any atom is 0.339 e. The molecule has 2 fully saturated rings. The molecular formula is C18H25F2NO2. The fraction of sp³-hybridized carbons (Fsp3) is 0.611. The Bertz CT molecular complexity index is 576. The molecular weight excluding hydrogens is 300 g/mol. The van der Waals surface area contributed by atoms with E-state index < -0.39 is 11.8 Å². The van der Waals surface area contributed by atoms with Crippen molar-refractivity contribution in [3.63, 3.8) is 0 Å². The molecule has 1 aliphatic heterocycles. The molecule has 2 atom stereocenters. The minimum Gasteiger partial charge on any atom is -0.465 e. The number of aryl methyl sites for hydroxylation is 1. The van der Waals surface area contributed by atoms with Crippen LogP contribution >= 0.6 is 0 Å². The van der Waals surface area contributed by atoms with E-state index in [4.69, 9.17) is 4.74 Å². The van der Waals surface area contributed by atoms with Crippen molar-refractivity contribution in [2.45, 2.75) is 40.0 Å². The third-order valence-corrected chi connectivity index (χ3v) is 4.90. The van der Waals surface area contributed by atoms with E-state index in [0.717, 1.165) is 11.3 Å².